The summed E-state index contributed by atoms with van der Waals surface area (Å²) in [5.74, 6) is 1.08. The highest BCUT2D eigenvalue weighted by molar-refractivity contribution is 4.72. The van der Waals surface area contributed by atoms with Gasteiger partial charge in [-0.15, -0.1) is 0 Å². The molecule has 1 rings (SSSR count). The summed E-state index contributed by atoms with van der Waals surface area (Å²) >= 11 is 0. The molecule has 1 atom stereocenters. The second-order valence-corrected chi connectivity index (χ2v) is 3.77. The van der Waals surface area contributed by atoms with Crippen LogP contribution in [0.25, 0.3) is 0 Å². The van der Waals surface area contributed by atoms with E-state index in [0.29, 0.717) is 0 Å². The highest BCUT2D eigenvalue weighted by Crippen LogP contribution is 2.30. The molecule has 0 amide bonds. The van der Waals surface area contributed by atoms with Gasteiger partial charge in [0.15, 0.2) is 0 Å². The van der Waals surface area contributed by atoms with Gasteiger partial charge in [0.05, 0.1) is 0 Å². The Hall–Kier alpha value is -0.0400. The molecule has 0 aromatic heterocycles. The van der Waals surface area contributed by atoms with Crippen LogP contribution in [0.3, 0.4) is 0 Å². The van der Waals surface area contributed by atoms with Crippen LogP contribution in [0.4, 0.5) is 0 Å². The molecule has 0 bridgehead atoms. The SMILES string of the molecule is CCC(CCC1CCC1)NC. The van der Waals surface area contributed by atoms with Crippen LogP contribution in [0.5, 0.6) is 0 Å². The normalized spacial score (nSPS) is 21.3. The van der Waals surface area contributed by atoms with Crippen molar-refractivity contribution in [2.75, 3.05) is 7.05 Å². The largest absolute Gasteiger partial charge is 0.317 e. The molecule has 1 heteroatoms. The van der Waals surface area contributed by atoms with Crippen LogP contribution in [0.15, 0.2) is 0 Å². The summed E-state index contributed by atoms with van der Waals surface area (Å²) in [6.45, 7) is 2.27. The Morgan fingerprint density at radius 3 is 2.55 bits per heavy atom. The quantitative estimate of drug-likeness (QED) is 0.643. The average Bonchev–Trinajstić information content (AvgIpc) is 1.95. The lowest BCUT2D eigenvalue weighted by Crippen LogP contribution is -2.25. The molecule has 0 saturated heterocycles. The van der Waals surface area contributed by atoms with Crippen LogP contribution >= 0.6 is 0 Å². The van der Waals surface area contributed by atoms with Gasteiger partial charge >= 0.3 is 0 Å². The van der Waals surface area contributed by atoms with E-state index < -0.39 is 0 Å². The summed E-state index contributed by atoms with van der Waals surface area (Å²) in [7, 11) is 2.08. The highest BCUT2D eigenvalue weighted by Gasteiger charge is 2.17. The maximum Gasteiger partial charge on any atom is 0.00615 e. The maximum atomic E-state index is 3.36. The fourth-order valence-electron chi connectivity index (χ4n) is 1.77. The lowest BCUT2D eigenvalue weighted by molar-refractivity contribution is 0.275. The van der Waals surface area contributed by atoms with Crippen molar-refractivity contribution < 1.29 is 0 Å². The molecular weight excluding hydrogens is 134 g/mol. The molecule has 0 spiro atoms. The van der Waals surface area contributed by atoms with E-state index in [1.807, 2.05) is 0 Å². The zero-order valence-corrected chi connectivity index (χ0v) is 7.90. The van der Waals surface area contributed by atoms with E-state index in [4.69, 9.17) is 0 Å². The first kappa shape index (κ1) is 9.05. The molecule has 0 aliphatic heterocycles. The second kappa shape index (κ2) is 4.76. The van der Waals surface area contributed by atoms with Gasteiger partial charge in [-0.25, -0.2) is 0 Å². The second-order valence-electron chi connectivity index (χ2n) is 3.77. The predicted molar refractivity (Wildman–Crippen MR) is 49.7 cm³/mol. The lowest BCUT2D eigenvalue weighted by Gasteiger charge is -2.26. The molecule has 1 saturated carbocycles. The van der Waals surface area contributed by atoms with E-state index in [-0.39, 0.29) is 0 Å². The van der Waals surface area contributed by atoms with Crippen molar-refractivity contribution in [3.63, 3.8) is 0 Å². The Morgan fingerprint density at radius 2 is 2.18 bits per heavy atom. The van der Waals surface area contributed by atoms with Crippen molar-refractivity contribution in [1.82, 2.24) is 5.32 Å². The van der Waals surface area contributed by atoms with Crippen molar-refractivity contribution >= 4 is 0 Å². The van der Waals surface area contributed by atoms with Gasteiger partial charge in [-0.3, -0.25) is 0 Å². The van der Waals surface area contributed by atoms with Gasteiger partial charge < -0.3 is 5.32 Å². The summed E-state index contributed by atoms with van der Waals surface area (Å²) in [5.41, 5.74) is 0. The Bertz CT molecular complexity index is 93.0. The standard InChI is InChI=1S/C10H21N/c1-3-10(11-2)8-7-9-5-4-6-9/h9-11H,3-8H2,1-2H3. The van der Waals surface area contributed by atoms with E-state index in [0.717, 1.165) is 12.0 Å². The molecule has 0 aromatic carbocycles. The summed E-state index contributed by atoms with van der Waals surface area (Å²) in [6.07, 6.45) is 8.61. The van der Waals surface area contributed by atoms with Gasteiger partial charge in [0.1, 0.15) is 0 Å². The Labute approximate surface area is 70.6 Å². The third-order valence-corrected chi connectivity index (χ3v) is 3.05. The van der Waals surface area contributed by atoms with E-state index >= 15 is 0 Å². The number of hydrogen-bond donors (Lipinski definition) is 1. The molecule has 11 heavy (non-hydrogen) atoms. The van der Waals surface area contributed by atoms with Crippen molar-refractivity contribution in [2.45, 2.75) is 51.5 Å². The molecule has 0 heterocycles. The summed E-state index contributed by atoms with van der Waals surface area (Å²) < 4.78 is 0. The average molecular weight is 155 g/mol. The zero-order chi connectivity index (χ0) is 8.10. The molecule has 1 unspecified atom stereocenters. The van der Waals surface area contributed by atoms with E-state index in [9.17, 15) is 0 Å². The Balaban J connectivity index is 1.99. The monoisotopic (exact) mass is 155 g/mol. The fourth-order valence-corrected chi connectivity index (χ4v) is 1.77. The first-order valence-electron chi connectivity index (χ1n) is 5.04. The van der Waals surface area contributed by atoms with Crippen LogP contribution in [-0.2, 0) is 0 Å². The molecule has 1 N–H and O–H groups in total. The molecule has 1 aliphatic rings. The Morgan fingerprint density at radius 1 is 1.45 bits per heavy atom. The minimum Gasteiger partial charge on any atom is -0.317 e. The molecule has 1 nitrogen and oxygen atoms in total. The van der Waals surface area contributed by atoms with Gasteiger partial charge in [0.2, 0.25) is 0 Å². The molecule has 1 aliphatic carbocycles. The molecule has 0 aromatic rings. The molecule has 1 fully saturated rings. The minimum atomic E-state index is 0.774. The van der Waals surface area contributed by atoms with Crippen LogP contribution in [-0.4, -0.2) is 13.1 Å². The van der Waals surface area contributed by atoms with Gasteiger partial charge in [-0.05, 0) is 32.2 Å². The fraction of sp³-hybridized carbons (Fsp3) is 1.00. The third kappa shape index (κ3) is 2.82. The van der Waals surface area contributed by atoms with Crippen molar-refractivity contribution in [3.8, 4) is 0 Å². The summed E-state index contributed by atoms with van der Waals surface area (Å²) in [5, 5.41) is 3.36. The summed E-state index contributed by atoms with van der Waals surface area (Å²) in [4.78, 5) is 0. The van der Waals surface area contributed by atoms with E-state index in [2.05, 4.69) is 19.3 Å². The summed E-state index contributed by atoms with van der Waals surface area (Å²) in [6, 6.07) is 0.774. The molecule has 0 radical (unpaired) electrons. The highest BCUT2D eigenvalue weighted by atomic mass is 14.9. The molecular formula is C10H21N. The smallest absolute Gasteiger partial charge is 0.00615 e. The minimum absolute atomic E-state index is 0.774. The zero-order valence-electron chi connectivity index (χ0n) is 7.90. The van der Waals surface area contributed by atoms with E-state index in [1.165, 1.54) is 38.5 Å². The molecule has 66 valence electrons. The van der Waals surface area contributed by atoms with Gasteiger partial charge in [-0.1, -0.05) is 26.2 Å². The number of rotatable bonds is 5. The number of nitrogens with one attached hydrogen (secondary N) is 1. The Kier molecular flexibility index (Phi) is 3.92. The third-order valence-electron chi connectivity index (χ3n) is 3.05. The van der Waals surface area contributed by atoms with Crippen molar-refractivity contribution in [3.05, 3.63) is 0 Å². The first-order valence-corrected chi connectivity index (χ1v) is 5.04. The first-order chi connectivity index (χ1) is 5.36. The van der Waals surface area contributed by atoms with Crippen LogP contribution in [0, 0.1) is 5.92 Å². The van der Waals surface area contributed by atoms with Crippen LogP contribution in [0.2, 0.25) is 0 Å². The lowest BCUT2D eigenvalue weighted by atomic mass is 9.81. The van der Waals surface area contributed by atoms with Gasteiger partial charge in [0.25, 0.3) is 0 Å². The topological polar surface area (TPSA) is 12.0 Å². The predicted octanol–water partition coefficient (Wildman–Crippen LogP) is 2.56. The van der Waals surface area contributed by atoms with Crippen molar-refractivity contribution in [2.24, 2.45) is 5.92 Å². The van der Waals surface area contributed by atoms with Gasteiger partial charge in [-0.2, -0.15) is 0 Å². The number of hydrogen-bond acceptors (Lipinski definition) is 1. The van der Waals surface area contributed by atoms with Crippen LogP contribution in [0.1, 0.15) is 45.4 Å². The van der Waals surface area contributed by atoms with Gasteiger partial charge in [0, 0.05) is 6.04 Å². The van der Waals surface area contributed by atoms with E-state index in [1.54, 1.807) is 0 Å². The van der Waals surface area contributed by atoms with Crippen molar-refractivity contribution in [1.29, 1.82) is 0 Å². The van der Waals surface area contributed by atoms with Crippen LogP contribution < -0.4 is 5.32 Å². The maximum absolute atomic E-state index is 3.36.